The number of aryl methyl sites for hydroxylation is 1. The zero-order chi connectivity index (χ0) is 13.7. The van der Waals surface area contributed by atoms with Gasteiger partial charge in [-0.3, -0.25) is 4.79 Å². The summed E-state index contributed by atoms with van der Waals surface area (Å²) in [4.78, 5) is 12.1. The average molecular weight is 262 g/mol. The number of nitrogens with one attached hydrogen (secondary N) is 2. The lowest BCUT2D eigenvalue weighted by Crippen LogP contribution is -2.26. The minimum absolute atomic E-state index is 0.0109. The van der Waals surface area contributed by atoms with Gasteiger partial charge in [0.05, 0.1) is 5.56 Å². The van der Waals surface area contributed by atoms with E-state index in [-0.39, 0.29) is 5.91 Å². The summed E-state index contributed by atoms with van der Waals surface area (Å²) in [7, 11) is 1.83. The second-order valence-corrected chi connectivity index (χ2v) is 5.07. The molecular weight excluding hydrogens is 240 g/mol. The molecular formula is C15H22N2O2. The first-order chi connectivity index (χ1) is 9.20. The summed E-state index contributed by atoms with van der Waals surface area (Å²) in [6.45, 7) is 4.43. The molecule has 0 aliphatic carbocycles. The van der Waals surface area contributed by atoms with Crippen molar-refractivity contribution in [3.8, 4) is 0 Å². The Morgan fingerprint density at radius 3 is 3.00 bits per heavy atom. The Labute approximate surface area is 114 Å². The number of carbonyl (C=O) groups excluding carboxylic acids is 1. The highest BCUT2D eigenvalue weighted by molar-refractivity contribution is 5.99. The first-order valence-electron chi connectivity index (χ1n) is 6.85. The first kappa shape index (κ1) is 13.9. The van der Waals surface area contributed by atoms with Gasteiger partial charge in [0.15, 0.2) is 0 Å². The zero-order valence-electron chi connectivity index (χ0n) is 11.7. The van der Waals surface area contributed by atoms with E-state index in [1.807, 2.05) is 32.2 Å². The highest BCUT2D eigenvalue weighted by Gasteiger charge is 2.16. The van der Waals surface area contributed by atoms with Crippen molar-refractivity contribution in [3.63, 3.8) is 0 Å². The van der Waals surface area contributed by atoms with Crippen LogP contribution in [0.15, 0.2) is 18.2 Å². The number of anilines is 1. The summed E-state index contributed by atoms with van der Waals surface area (Å²) < 4.78 is 5.33. The van der Waals surface area contributed by atoms with Crippen LogP contribution >= 0.6 is 0 Å². The van der Waals surface area contributed by atoms with E-state index in [0.29, 0.717) is 18.0 Å². The van der Waals surface area contributed by atoms with Gasteiger partial charge in [-0.2, -0.15) is 0 Å². The molecule has 0 spiro atoms. The minimum atomic E-state index is -0.0109. The number of amides is 1. The van der Waals surface area contributed by atoms with Crippen LogP contribution in [0.2, 0.25) is 0 Å². The maximum atomic E-state index is 12.1. The summed E-state index contributed by atoms with van der Waals surface area (Å²) in [5, 5.41) is 6.05. The van der Waals surface area contributed by atoms with Gasteiger partial charge in [-0.15, -0.1) is 0 Å². The molecule has 0 radical (unpaired) electrons. The summed E-state index contributed by atoms with van der Waals surface area (Å²) in [5.41, 5.74) is 2.72. The largest absolute Gasteiger partial charge is 0.387 e. The van der Waals surface area contributed by atoms with Gasteiger partial charge in [0.2, 0.25) is 0 Å². The topological polar surface area (TPSA) is 50.4 Å². The fraction of sp³-hybridized carbons (Fsp3) is 0.533. The van der Waals surface area contributed by atoms with Gasteiger partial charge < -0.3 is 15.4 Å². The monoisotopic (exact) mass is 262 g/mol. The second-order valence-electron chi connectivity index (χ2n) is 5.07. The van der Waals surface area contributed by atoms with Crippen molar-refractivity contribution in [3.05, 3.63) is 29.3 Å². The lowest BCUT2D eigenvalue weighted by atomic mass is 10.0. The van der Waals surface area contributed by atoms with Crippen molar-refractivity contribution in [2.24, 2.45) is 5.92 Å². The zero-order valence-corrected chi connectivity index (χ0v) is 11.7. The van der Waals surface area contributed by atoms with Crippen LogP contribution in [0, 0.1) is 12.8 Å². The molecule has 2 N–H and O–H groups in total. The molecule has 1 aromatic carbocycles. The van der Waals surface area contributed by atoms with Crippen molar-refractivity contribution in [1.29, 1.82) is 0 Å². The van der Waals surface area contributed by atoms with Gasteiger partial charge in [0.1, 0.15) is 0 Å². The molecule has 0 aromatic heterocycles. The summed E-state index contributed by atoms with van der Waals surface area (Å²) in [5.74, 6) is 0.588. The van der Waals surface area contributed by atoms with E-state index in [9.17, 15) is 4.79 Å². The van der Waals surface area contributed by atoms with Crippen molar-refractivity contribution in [2.45, 2.75) is 19.8 Å². The van der Waals surface area contributed by atoms with Gasteiger partial charge in [-0.1, -0.05) is 6.07 Å². The molecule has 1 unspecified atom stereocenters. The molecule has 1 atom stereocenters. The highest BCUT2D eigenvalue weighted by atomic mass is 16.5. The SMILES string of the molecule is CNc1cc(C)ccc1C(=O)NCCC1CCOC1. The smallest absolute Gasteiger partial charge is 0.253 e. The maximum Gasteiger partial charge on any atom is 0.253 e. The maximum absolute atomic E-state index is 12.1. The van der Waals surface area contributed by atoms with Crippen LogP contribution in [0.4, 0.5) is 5.69 Å². The molecule has 4 heteroatoms. The number of benzene rings is 1. The fourth-order valence-electron chi connectivity index (χ4n) is 2.36. The van der Waals surface area contributed by atoms with Crippen LogP contribution in [0.1, 0.15) is 28.8 Å². The Balaban J connectivity index is 1.88. The molecule has 2 rings (SSSR count). The van der Waals surface area contributed by atoms with E-state index in [1.54, 1.807) is 0 Å². The van der Waals surface area contributed by atoms with Crippen LogP contribution < -0.4 is 10.6 Å². The molecule has 1 amide bonds. The number of carbonyl (C=O) groups is 1. The average Bonchev–Trinajstić information content (AvgIpc) is 2.91. The highest BCUT2D eigenvalue weighted by Crippen LogP contribution is 2.18. The molecule has 0 bridgehead atoms. The predicted octanol–water partition coefficient (Wildman–Crippen LogP) is 2.19. The first-order valence-corrected chi connectivity index (χ1v) is 6.85. The van der Waals surface area contributed by atoms with Crippen molar-refractivity contribution in [1.82, 2.24) is 5.32 Å². The number of hydrogen-bond acceptors (Lipinski definition) is 3. The van der Waals surface area contributed by atoms with Crippen LogP contribution in [-0.2, 0) is 4.74 Å². The normalized spacial score (nSPS) is 18.3. The number of hydrogen-bond donors (Lipinski definition) is 2. The molecule has 19 heavy (non-hydrogen) atoms. The van der Waals surface area contributed by atoms with Gasteiger partial charge in [0, 0.05) is 32.5 Å². The lowest BCUT2D eigenvalue weighted by Gasteiger charge is -2.12. The number of rotatable bonds is 5. The standard InChI is InChI=1S/C15H22N2O2/c1-11-3-4-13(14(9-11)16-2)15(18)17-7-5-12-6-8-19-10-12/h3-4,9,12,16H,5-8,10H2,1-2H3,(H,17,18). The molecule has 1 aliphatic heterocycles. The molecule has 4 nitrogen and oxygen atoms in total. The Kier molecular flexibility index (Phi) is 4.80. The third-order valence-electron chi connectivity index (χ3n) is 3.55. The van der Waals surface area contributed by atoms with Crippen molar-refractivity contribution in [2.75, 3.05) is 32.1 Å². The molecule has 0 saturated carbocycles. The van der Waals surface area contributed by atoms with E-state index in [1.165, 1.54) is 0 Å². The summed E-state index contributed by atoms with van der Waals surface area (Å²) in [6, 6.07) is 5.81. The van der Waals surface area contributed by atoms with Gasteiger partial charge in [0.25, 0.3) is 5.91 Å². The van der Waals surface area contributed by atoms with Crippen molar-refractivity contribution < 1.29 is 9.53 Å². The third kappa shape index (κ3) is 3.70. The Hall–Kier alpha value is -1.55. The lowest BCUT2D eigenvalue weighted by molar-refractivity contribution is 0.0951. The Morgan fingerprint density at radius 1 is 1.47 bits per heavy atom. The van der Waals surface area contributed by atoms with Crippen LogP contribution in [0.25, 0.3) is 0 Å². The third-order valence-corrected chi connectivity index (χ3v) is 3.55. The van der Waals surface area contributed by atoms with Crippen molar-refractivity contribution >= 4 is 11.6 Å². The van der Waals surface area contributed by atoms with E-state index in [4.69, 9.17) is 4.74 Å². The Morgan fingerprint density at radius 2 is 2.32 bits per heavy atom. The van der Waals surface area contributed by atoms with Gasteiger partial charge >= 0.3 is 0 Å². The predicted molar refractivity (Wildman–Crippen MR) is 76.6 cm³/mol. The summed E-state index contributed by atoms with van der Waals surface area (Å²) in [6.07, 6.45) is 2.11. The van der Waals surface area contributed by atoms with Gasteiger partial charge in [-0.05, 0) is 43.4 Å². The van der Waals surface area contributed by atoms with Crippen LogP contribution in [0.5, 0.6) is 0 Å². The number of ether oxygens (including phenoxy) is 1. The molecule has 104 valence electrons. The summed E-state index contributed by atoms with van der Waals surface area (Å²) >= 11 is 0. The van der Waals surface area contributed by atoms with Crippen LogP contribution in [-0.4, -0.2) is 32.7 Å². The Bertz CT molecular complexity index is 440. The molecule has 1 heterocycles. The molecule has 1 saturated heterocycles. The molecule has 1 aliphatic rings. The van der Waals surface area contributed by atoms with Crippen LogP contribution in [0.3, 0.4) is 0 Å². The van der Waals surface area contributed by atoms with E-state index >= 15 is 0 Å². The molecule has 1 aromatic rings. The quantitative estimate of drug-likeness (QED) is 0.855. The van der Waals surface area contributed by atoms with E-state index in [2.05, 4.69) is 10.6 Å². The molecule has 1 fully saturated rings. The minimum Gasteiger partial charge on any atom is -0.387 e. The fourth-order valence-corrected chi connectivity index (χ4v) is 2.36. The second kappa shape index (κ2) is 6.57. The van der Waals surface area contributed by atoms with Gasteiger partial charge in [-0.25, -0.2) is 0 Å². The van der Waals surface area contributed by atoms with E-state index in [0.717, 1.165) is 37.3 Å². The van der Waals surface area contributed by atoms with E-state index < -0.39 is 0 Å².